The van der Waals surface area contributed by atoms with Crippen molar-refractivity contribution in [2.75, 3.05) is 6.61 Å². The van der Waals surface area contributed by atoms with Crippen molar-refractivity contribution in [1.29, 1.82) is 0 Å². The lowest BCUT2D eigenvalue weighted by molar-refractivity contribution is 0.104. The van der Waals surface area contributed by atoms with Crippen molar-refractivity contribution in [2.45, 2.75) is 5.56 Å². The molecule has 0 saturated heterocycles. The van der Waals surface area contributed by atoms with Crippen molar-refractivity contribution in [3.63, 3.8) is 0 Å². The smallest absolute Gasteiger partial charge is 0.405 e. The van der Waals surface area contributed by atoms with Crippen LogP contribution in [0, 0.1) is 0 Å². The first-order chi connectivity index (χ1) is 5.02. The molecule has 0 aromatic heterocycles. The van der Waals surface area contributed by atoms with Gasteiger partial charge in [0.1, 0.15) is 6.61 Å². The molecule has 0 N–H and O–H groups in total. The Morgan fingerprint density at radius 3 is 2.18 bits per heavy atom. The van der Waals surface area contributed by atoms with Crippen LogP contribution in [-0.2, 0) is 9.47 Å². The summed E-state index contributed by atoms with van der Waals surface area (Å²) in [6.07, 6.45) is 0. The summed E-state index contributed by atoms with van der Waals surface area (Å²) >= 11 is 14.8. The van der Waals surface area contributed by atoms with Crippen molar-refractivity contribution in [3.05, 3.63) is 0 Å². The predicted octanol–water partition coefficient (Wildman–Crippen LogP) is 2.30. The minimum Gasteiger partial charge on any atom is -0.448 e. The minimum atomic E-state index is -1.11. The third-order valence-corrected chi connectivity index (χ3v) is 0.962. The van der Waals surface area contributed by atoms with Crippen molar-refractivity contribution < 1.29 is 19.1 Å². The number of hydrogen-bond donors (Lipinski definition) is 0. The van der Waals surface area contributed by atoms with Crippen LogP contribution in [0.1, 0.15) is 0 Å². The van der Waals surface area contributed by atoms with Crippen molar-refractivity contribution in [1.82, 2.24) is 0 Å². The summed E-state index contributed by atoms with van der Waals surface area (Å²) in [6, 6.07) is 0. The molecule has 1 unspecified atom stereocenters. The SMILES string of the molecule is O=C(Cl)OCC(Cl)OC(=O)Cl. The van der Waals surface area contributed by atoms with E-state index < -0.39 is 16.4 Å². The molecule has 64 valence electrons. The van der Waals surface area contributed by atoms with Gasteiger partial charge in [0.25, 0.3) is 0 Å². The van der Waals surface area contributed by atoms with Gasteiger partial charge >= 0.3 is 10.9 Å². The van der Waals surface area contributed by atoms with Crippen molar-refractivity contribution in [3.8, 4) is 0 Å². The number of alkyl halides is 1. The van der Waals surface area contributed by atoms with Gasteiger partial charge in [0.05, 0.1) is 0 Å². The van der Waals surface area contributed by atoms with Gasteiger partial charge < -0.3 is 9.47 Å². The number of hydrogen-bond acceptors (Lipinski definition) is 4. The Labute approximate surface area is 77.3 Å². The molecule has 0 aliphatic carbocycles. The Bertz CT molecular complexity index is 159. The standard InChI is InChI=1S/C4H3Cl3O4/c5-2(11-4(7)9)1-10-3(6)8/h2H,1H2. The summed E-state index contributed by atoms with van der Waals surface area (Å²) in [6.45, 7) is -0.331. The molecule has 0 amide bonds. The first-order valence-corrected chi connectivity index (χ1v) is 3.54. The fraction of sp³-hybridized carbons (Fsp3) is 0.500. The van der Waals surface area contributed by atoms with E-state index in [1.54, 1.807) is 0 Å². The Kier molecular flexibility index (Phi) is 5.36. The predicted molar refractivity (Wildman–Crippen MR) is 39.2 cm³/mol. The number of carbonyl (C=O) groups excluding carboxylic acids is 2. The van der Waals surface area contributed by atoms with Gasteiger partial charge in [-0.2, -0.15) is 0 Å². The second-order valence-electron chi connectivity index (χ2n) is 1.31. The van der Waals surface area contributed by atoms with Crippen LogP contribution in [0.15, 0.2) is 0 Å². The van der Waals surface area contributed by atoms with E-state index in [1.165, 1.54) is 0 Å². The van der Waals surface area contributed by atoms with E-state index in [1.807, 2.05) is 0 Å². The molecule has 0 rings (SSSR count). The molecule has 0 aromatic rings. The van der Waals surface area contributed by atoms with Gasteiger partial charge in [0.15, 0.2) is 0 Å². The van der Waals surface area contributed by atoms with Gasteiger partial charge in [-0.15, -0.1) is 0 Å². The Hall–Kier alpha value is -0.190. The second kappa shape index (κ2) is 5.46. The minimum absolute atomic E-state index is 0.331. The maximum atomic E-state index is 9.98. The average Bonchev–Trinajstić information content (AvgIpc) is 1.82. The highest BCUT2D eigenvalue weighted by Gasteiger charge is 2.10. The number of carbonyl (C=O) groups is 2. The Morgan fingerprint density at radius 2 is 1.82 bits per heavy atom. The van der Waals surface area contributed by atoms with Gasteiger partial charge in [0.2, 0.25) is 5.56 Å². The second-order valence-corrected chi connectivity index (χ2v) is 2.42. The Morgan fingerprint density at radius 1 is 1.27 bits per heavy atom. The average molecular weight is 221 g/mol. The molecule has 0 fully saturated rings. The fourth-order valence-electron chi connectivity index (χ4n) is 0.266. The van der Waals surface area contributed by atoms with Gasteiger partial charge in [-0.3, -0.25) is 0 Å². The van der Waals surface area contributed by atoms with Gasteiger partial charge in [0, 0.05) is 23.2 Å². The van der Waals surface area contributed by atoms with Crippen LogP contribution in [0.2, 0.25) is 0 Å². The van der Waals surface area contributed by atoms with E-state index in [0.29, 0.717) is 0 Å². The van der Waals surface area contributed by atoms with Gasteiger partial charge in [-0.25, -0.2) is 9.59 Å². The number of rotatable bonds is 3. The van der Waals surface area contributed by atoms with Crippen LogP contribution in [0.3, 0.4) is 0 Å². The van der Waals surface area contributed by atoms with Gasteiger partial charge in [-0.05, 0) is 0 Å². The van der Waals surface area contributed by atoms with Crippen LogP contribution in [0.5, 0.6) is 0 Å². The van der Waals surface area contributed by atoms with Gasteiger partial charge in [-0.1, -0.05) is 11.6 Å². The lowest BCUT2D eigenvalue weighted by Gasteiger charge is -2.06. The summed E-state index contributed by atoms with van der Waals surface area (Å²) in [7, 11) is 0. The largest absolute Gasteiger partial charge is 0.448 e. The van der Waals surface area contributed by atoms with E-state index in [2.05, 4.69) is 9.47 Å². The van der Waals surface area contributed by atoms with Crippen LogP contribution in [-0.4, -0.2) is 23.0 Å². The zero-order chi connectivity index (χ0) is 8.85. The molecule has 0 aliphatic heterocycles. The molecule has 0 saturated carbocycles. The van der Waals surface area contributed by atoms with Crippen LogP contribution >= 0.6 is 34.8 Å². The maximum absolute atomic E-state index is 9.98. The molecule has 1 atom stereocenters. The molecular weight excluding hydrogens is 218 g/mol. The highest BCUT2D eigenvalue weighted by atomic mass is 35.5. The molecule has 0 radical (unpaired) electrons. The van der Waals surface area contributed by atoms with E-state index in [0.717, 1.165) is 0 Å². The third-order valence-electron chi connectivity index (χ3n) is 0.548. The summed E-state index contributed by atoms with van der Waals surface area (Å²) in [5.41, 5.74) is -3.21. The normalized spacial score (nSPS) is 11.9. The summed E-state index contributed by atoms with van der Waals surface area (Å²) < 4.78 is 8.32. The summed E-state index contributed by atoms with van der Waals surface area (Å²) in [5.74, 6) is 0. The van der Waals surface area contributed by atoms with Crippen LogP contribution in [0.4, 0.5) is 9.59 Å². The fourth-order valence-corrected chi connectivity index (χ4v) is 0.626. The molecule has 0 aromatic carbocycles. The highest BCUT2D eigenvalue weighted by Crippen LogP contribution is 2.03. The molecule has 0 heterocycles. The van der Waals surface area contributed by atoms with Crippen molar-refractivity contribution >= 4 is 45.7 Å². The zero-order valence-corrected chi connectivity index (χ0v) is 7.32. The highest BCUT2D eigenvalue weighted by molar-refractivity contribution is 6.61. The maximum Gasteiger partial charge on any atom is 0.405 e. The van der Waals surface area contributed by atoms with Crippen LogP contribution < -0.4 is 0 Å². The summed E-state index contributed by atoms with van der Waals surface area (Å²) in [5, 5.41) is 0. The van der Waals surface area contributed by atoms with E-state index in [4.69, 9.17) is 34.8 Å². The number of ether oxygens (including phenoxy) is 2. The third kappa shape index (κ3) is 7.71. The topological polar surface area (TPSA) is 52.6 Å². The summed E-state index contributed by atoms with van der Waals surface area (Å²) in [4.78, 5) is 19.9. The van der Waals surface area contributed by atoms with Crippen LogP contribution in [0.25, 0.3) is 0 Å². The molecular formula is C4H3Cl3O4. The lowest BCUT2D eigenvalue weighted by Crippen LogP contribution is -2.15. The first kappa shape index (κ1) is 10.8. The molecule has 0 spiro atoms. The molecule has 7 heteroatoms. The Balaban J connectivity index is 3.44. The molecule has 0 bridgehead atoms. The zero-order valence-electron chi connectivity index (χ0n) is 5.05. The van der Waals surface area contributed by atoms with E-state index in [9.17, 15) is 9.59 Å². The monoisotopic (exact) mass is 220 g/mol. The molecule has 11 heavy (non-hydrogen) atoms. The molecule has 0 aliphatic rings. The quantitative estimate of drug-likeness (QED) is 0.542. The molecule has 4 nitrogen and oxygen atoms in total. The first-order valence-electron chi connectivity index (χ1n) is 2.35. The van der Waals surface area contributed by atoms with E-state index in [-0.39, 0.29) is 6.61 Å². The number of halogens is 3. The van der Waals surface area contributed by atoms with Crippen molar-refractivity contribution in [2.24, 2.45) is 0 Å². The van der Waals surface area contributed by atoms with E-state index >= 15 is 0 Å². The lowest BCUT2D eigenvalue weighted by atomic mass is 10.8.